The summed E-state index contributed by atoms with van der Waals surface area (Å²) in [6, 6.07) is 9.50. The molecule has 6 nitrogen and oxygen atoms in total. The number of carbonyl (C=O) groups excluding carboxylic acids is 1. The molecule has 24 heavy (non-hydrogen) atoms. The van der Waals surface area contributed by atoms with E-state index in [1.54, 1.807) is 6.92 Å². The van der Waals surface area contributed by atoms with E-state index >= 15 is 0 Å². The molecule has 0 saturated carbocycles. The van der Waals surface area contributed by atoms with Crippen LogP contribution in [-0.2, 0) is 15.1 Å². The summed E-state index contributed by atoms with van der Waals surface area (Å²) < 4.78 is 4.61. The van der Waals surface area contributed by atoms with Gasteiger partial charge in [-0.2, -0.15) is 0 Å². The van der Waals surface area contributed by atoms with Crippen molar-refractivity contribution in [3.63, 3.8) is 0 Å². The molecule has 0 aliphatic carbocycles. The van der Waals surface area contributed by atoms with Crippen molar-refractivity contribution >= 4 is 11.9 Å². The zero-order chi connectivity index (χ0) is 17.8. The molecule has 0 radical (unpaired) electrons. The number of ether oxygens (including phenoxy) is 1. The fraction of sp³-hybridized carbons (Fsp3) is 0.556. The van der Waals surface area contributed by atoms with Gasteiger partial charge in [0.25, 0.3) is 0 Å². The number of nitrogens with one attached hydrogen (secondary N) is 2. The van der Waals surface area contributed by atoms with E-state index in [2.05, 4.69) is 20.4 Å². The smallest absolute Gasteiger partial charge is 0.305 e. The highest BCUT2D eigenvalue weighted by Gasteiger charge is 2.22. The molecule has 0 aliphatic heterocycles. The minimum atomic E-state index is -1.02. The van der Waals surface area contributed by atoms with Crippen LogP contribution in [-0.4, -0.2) is 43.8 Å². The van der Waals surface area contributed by atoms with Crippen molar-refractivity contribution < 1.29 is 14.6 Å². The third kappa shape index (κ3) is 7.46. The molecule has 0 fully saturated rings. The monoisotopic (exact) mass is 335 g/mol. The number of hydrogen-bond acceptors (Lipinski definition) is 4. The fourth-order valence-corrected chi connectivity index (χ4v) is 2.17. The maximum Gasteiger partial charge on any atom is 0.305 e. The summed E-state index contributed by atoms with van der Waals surface area (Å²) >= 11 is 0. The summed E-state index contributed by atoms with van der Waals surface area (Å²) in [5.41, 5.74) is -0.184. The lowest BCUT2D eigenvalue weighted by Gasteiger charge is -2.22. The third-order valence-electron chi connectivity index (χ3n) is 3.61. The second kappa shape index (κ2) is 10.6. The molecule has 134 valence electrons. The Morgan fingerprint density at radius 3 is 2.58 bits per heavy atom. The van der Waals surface area contributed by atoms with Gasteiger partial charge in [0.15, 0.2) is 5.96 Å². The van der Waals surface area contributed by atoms with Crippen LogP contribution in [0.4, 0.5) is 0 Å². The van der Waals surface area contributed by atoms with Crippen molar-refractivity contribution in [2.75, 3.05) is 26.7 Å². The number of aliphatic hydroxyl groups is 1. The number of carbonyl (C=O) groups is 1. The van der Waals surface area contributed by atoms with Gasteiger partial charge in [-0.05, 0) is 32.3 Å². The minimum absolute atomic E-state index is 0.186. The first-order valence-electron chi connectivity index (χ1n) is 8.36. The standard InChI is InChI=1S/C18H29N3O3/c1-4-19-17(20-13-9-8-12-16(22)24-3)21-14-18(2,23)15-10-6-5-7-11-15/h5-7,10-11,23H,4,8-9,12-14H2,1-3H3,(H2,19,20,21). The van der Waals surface area contributed by atoms with Crippen LogP contribution in [0.25, 0.3) is 0 Å². The van der Waals surface area contributed by atoms with Crippen molar-refractivity contribution in [1.29, 1.82) is 0 Å². The van der Waals surface area contributed by atoms with Crippen LogP contribution in [0.2, 0.25) is 0 Å². The quantitative estimate of drug-likeness (QED) is 0.277. The fourth-order valence-electron chi connectivity index (χ4n) is 2.17. The Hall–Kier alpha value is -2.08. The average molecular weight is 335 g/mol. The summed E-state index contributed by atoms with van der Waals surface area (Å²) in [5, 5.41) is 17.0. The van der Waals surface area contributed by atoms with Crippen LogP contribution >= 0.6 is 0 Å². The van der Waals surface area contributed by atoms with Gasteiger partial charge in [-0.3, -0.25) is 4.79 Å². The first kappa shape index (κ1) is 20.0. The Morgan fingerprint density at radius 2 is 1.96 bits per heavy atom. The van der Waals surface area contributed by atoms with Gasteiger partial charge in [0.2, 0.25) is 0 Å². The molecule has 0 bridgehead atoms. The molecule has 0 spiro atoms. The molecule has 1 aromatic carbocycles. The minimum Gasteiger partial charge on any atom is -0.469 e. The molecule has 3 N–H and O–H groups in total. The van der Waals surface area contributed by atoms with E-state index in [1.807, 2.05) is 37.3 Å². The van der Waals surface area contributed by atoms with Gasteiger partial charge in [-0.25, -0.2) is 4.99 Å². The molecule has 0 aromatic heterocycles. The number of guanidine groups is 1. The molecular weight excluding hydrogens is 306 g/mol. The largest absolute Gasteiger partial charge is 0.469 e. The number of hydrogen-bond donors (Lipinski definition) is 3. The Morgan fingerprint density at radius 1 is 1.25 bits per heavy atom. The number of rotatable bonds is 9. The number of aliphatic imine (C=N–C) groups is 1. The summed E-state index contributed by atoms with van der Waals surface area (Å²) in [6.45, 7) is 5.45. The number of unbranched alkanes of at least 4 members (excludes halogenated alkanes) is 1. The molecule has 1 rings (SSSR count). The second-order valence-corrected chi connectivity index (χ2v) is 5.80. The maximum absolute atomic E-state index is 11.1. The van der Waals surface area contributed by atoms with Crippen LogP contribution in [0, 0.1) is 0 Å². The molecule has 0 aliphatic rings. The van der Waals surface area contributed by atoms with E-state index in [0.29, 0.717) is 18.9 Å². The molecule has 0 heterocycles. The van der Waals surface area contributed by atoms with Gasteiger partial charge >= 0.3 is 5.97 Å². The number of benzene rings is 1. The van der Waals surface area contributed by atoms with Gasteiger partial charge in [0.05, 0.1) is 13.7 Å². The van der Waals surface area contributed by atoms with Crippen LogP contribution in [0.1, 0.15) is 38.7 Å². The van der Waals surface area contributed by atoms with Gasteiger partial charge in [0.1, 0.15) is 5.60 Å². The lowest BCUT2D eigenvalue weighted by Crippen LogP contribution is -2.39. The van der Waals surface area contributed by atoms with Crippen LogP contribution < -0.4 is 10.6 Å². The Bertz CT molecular complexity index is 516. The first-order valence-corrected chi connectivity index (χ1v) is 8.36. The highest BCUT2D eigenvalue weighted by molar-refractivity contribution is 5.79. The molecule has 1 unspecified atom stereocenters. The third-order valence-corrected chi connectivity index (χ3v) is 3.61. The molecule has 0 amide bonds. The lowest BCUT2D eigenvalue weighted by molar-refractivity contribution is -0.140. The normalized spacial score (nSPS) is 13.9. The molecule has 1 aromatic rings. The van der Waals surface area contributed by atoms with Crippen molar-refractivity contribution in [3.05, 3.63) is 35.9 Å². The highest BCUT2D eigenvalue weighted by Crippen LogP contribution is 2.20. The zero-order valence-electron chi connectivity index (χ0n) is 14.8. The summed E-state index contributed by atoms with van der Waals surface area (Å²) in [5.74, 6) is 0.473. The topological polar surface area (TPSA) is 83.0 Å². The van der Waals surface area contributed by atoms with E-state index in [0.717, 1.165) is 24.9 Å². The molecule has 0 saturated heterocycles. The van der Waals surface area contributed by atoms with Crippen molar-refractivity contribution in [1.82, 2.24) is 10.6 Å². The lowest BCUT2D eigenvalue weighted by atomic mass is 9.96. The predicted octanol–water partition coefficient (Wildman–Crippen LogP) is 1.79. The summed E-state index contributed by atoms with van der Waals surface area (Å²) in [6.07, 6.45) is 2.03. The molecular formula is C18H29N3O3. The van der Waals surface area contributed by atoms with Crippen molar-refractivity contribution in [3.8, 4) is 0 Å². The maximum atomic E-state index is 11.1. The van der Waals surface area contributed by atoms with Crippen molar-refractivity contribution in [2.24, 2.45) is 4.99 Å². The van der Waals surface area contributed by atoms with E-state index in [4.69, 9.17) is 0 Å². The first-order chi connectivity index (χ1) is 11.5. The average Bonchev–Trinajstić information content (AvgIpc) is 2.59. The summed E-state index contributed by atoms with van der Waals surface area (Å²) in [4.78, 5) is 15.5. The van der Waals surface area contributed by atoms with Crippen LogP contribution in [0.15, 0.2) is 35.3 Å². The van der Waals surface area contributed by atoms with Gasteiger partial charge in [-0.1, -0.05) is 30.3 Å². The Balaban J connectivity index is 2.48. The second-order valence-electron chi connectivity index (χ2n) is 5.80. The number of methoxy groups -OCH3 is 1. The molecule has 6 heteroatoms. The zero-order valence-corrected chi connectivity index (χ0v) is 14.8. The van der Waals surface area contributed by atoms with E-state index in [9.17, 15) is 9.90 Å². The van der Waals surface area contributed by atoms with E-state index in [-0.39, 0.29) is 12.5 Å². The Labute approximate surface area is 144 Å². The summed E-state index contributed by atoms with van der Waals surface area (Å²) in [7, 11) is 1.40. The van der Waals surface area contributed by atoms with Gasteiger partial charge < -0.3 is 20.5 Å². The van der Waals surface area contributed by atoms with Gasteiger partial charge in [0, 0.05) is 19.5 Å². The van der Waals surface area contributed by atoms with E-state index < -0.39 is 5.60 Å². The number of esters is 1. The van der Waals surface area contributed by atoms with E-state index in [1.165, 1.54) is 7.11 Å². The SMILES string of the molecule is CCNC(=NCC(C)(O)c1ccccc1)NCCCCC(=O)OC. The van der Waals surface area contributed by atoms with Gasteiger partial charge in [-0.15, -0.1) is 0 Å². The van der Waals surface area contributed by atoms with Crippen LogP contribution in [0.3, 0.4) is 0 Å². The van der Waals surface area contributed by atoms with Crippen LogP contribution in [0.5, 0.6) is 0 Å². The van der Waals surface area contributed by atoms with Crippen molar-refractivity contribution in [2.45, 2.75) is 38.7 Å². The molecule has 1 atom stereocenters. The number of nitrogens with zero attached hydrogens (tertiary/aromatic N) is 1. The highest BCUT2D eigenvalue weighted by atomic mass is 16.5. The predicted molar refractivity (Wildman–Crippen MR) is 95.9 cm³/mol. The Kier molecular flexibility index (Phi) is 8.86.